The molecule has 1 aliphatic heterocycles. The van der Waals surface area contributed by atoms with Crippen molar-refractivity contribution in [3.05, 3.63) is 36.5 Å². The molecule has 3 rings (SSSR count). The minimum atomic E-state index is -1.76. The van der Waals surface area contributed by atoms with Gasteiger partial charge in [0, 0.05) is 34.9 Å². The largest absolute Gasteiger partial charge is 0.395 e. The van der Waals surface area contributed by atoms with Gasteiger partial charge in [0.15, 0.2) is 15.9 Å². The Morgan fingerprint density at radius 1 is 1.21 bits per heavy atom. The summed E-state index contributed by atoms with van der Waals surface area (Å²) < 4.78 is 15.1. The van der Waals surface area contributed by atoms with E-state index in [1.165, 1.54) is 0 Å². The summed E-state index contributed by atoms with van der Waals surface area (Å²) in [4.78, 5) is 9.79. The smallest absolute Gasteiger partial charge is 0.223 e. The third-order valence-electron chi connectivity index (χ3n) is 4.92. The molecule has 2 heterocycles. The molecule has 0 amide bonds. The number of aliphatic hydroxyl groups excluding tert-OH is 1. The lowest BCUT2D eigenvalue weighted by Crippen LogP contribution is -2.60. The van der Waals surface area contributed by atoms with Crippen molar-refractivity contribution in [2.45, 2.75) is 62.6 Å². The van der Waals surface area contributed by atoms with Crippen molar-refractivity contribution in [1.82, 2.24) is 20.0 Å². The van der Waals surface area contributed by atoms with Gasteiger partial charge in [-0.25, -0.2) is 9.97 Å². The van der Waals surface area contributed by atoms with Gasteiger partial charge in [0.25, 0.3) is 0 Å². The number of anilines is 1. The van der Waals surface area contributed by atoms with E-state index in [0.29, 0.717) is 17.4 Å². The van der Waals surface area contributed by atoms with Gasteiger partial charge in [0.05, 0.1) is 18.8 Å². The second kappa shape index (κ2) is 8.87. The Balaban J connectivity index is 1.77. The lowest BCUT2D eigenvalue weighted by atomic mass is 9.80. The van der Waals surface area contributed by atoms with Crippen molar-refractivity contribution in [2.75, 3.05) is 18.5 Å². The summed E-state index contributed by atoms with van der Waals surface area (Å²) in [5.41, 5.74) is 1.74. The molecule has 1 unspecified atom stereocenters. The number of rotatable bonds is 7. The molecule has 0 saturated carbocycles. The van der Waals surface area contributed by atoms with Crippen LogP contribution in [0.4, 0.5) is 5.95 Å². The zero-order valence-electron chi connectivity index (χ0n) is 17.6. The average Bonchev–Trinajstić information content (AvgIpc) is 2.64. The van der Waals surface area contributed by atoms with E-state index in [9.17, 15) is 4.21 Å². The molecule has 7 nitrogen and oxygen atoms in total. The number of piperidine rings is 1. The second-order valence-electron chi connectivity index (χ2n) is 8.88. The summed E-state index contributed by atoms with van der Waals surface area (Å²) in [6, 6.07) is 9.63. The van der Waals surface area contributed by atoms with Gasteiger partial charge in [-0.05, 0) is 52.7 Å². The van der Waals surface area contributed by atoms with Crippen LogP contribution in [0, 0.1) is 0 Å². The van der Waals surface area contributed by atoms with Gasteiger partial charge in [-0.2, -0.15) is 0 Å². The summed E-state index contributed by atoms with van der Waals surface area (Å²) in [6.45, 7) is 9.12. The topological polar surface area (TPSA) is 99.2 Å². The first-order chi connectivity index (χ1) is 13.7. The van der Waals surface area contributed by atoms with E-state index in [1.807, 2.05) is 30.3 Å². The van der Waals surface area contributed by atoms with E-state index < -0.39 is 11.0 Å². The Hall–Kier alpha value is -1.87. The first kappa shape index (κ1) is 21.8. The SMILES string of the molecule is CC1(C)CC(Nc2nccc(-c3cccc([SH+](=O)NCCO)c3)n2)CC(C)(C)N1. The van der Waals surface area contributed by atoms with Gasteiger partial charge in [-0.1, -0.05) is 16.3 Å². The molecule has 1 aliphatic rings. The third kappa shape index (κ3) is 6.05. The van der Waals surface area contributed by atoms with Crippen LogP contribution < -0.4 is 15.4 Å². The van der Waals surface area contributed by atoms with Crippen LogP contribution in [-0.4, -0.2) is 45.3 Å². The molecule has 2 aromatic rings. The zero-order chi connectivity index (χ0) is 21.1. The minimum Gasteiger partial charge on any atom is -0.395 e. The van der Waals surface area contributed by atoms with Crippen LogP contribution in [0.3, 0.4) is 0 Å². The highest BCUT2D eigenvalue weighted by Crippen LogP contribution is 2.30. The molecule has 1 atom stereocenters. The summed E-state index contributed by atoms with van der Waals surface area (Å²) in [5.74, 6) is 0.606. The van der Waals surface area contributed by atoms with Gasteiger partial charge in [-0.15, -0.1) is 4.72 Å². The predicted molar refractivity (Wildman–Crippen MR) is 118 cm³/mol. The number of aliphatic hydroxyl groups is 1. The van der Waals surface area contributed by atoms with Crippen molar-refractivity contribution in [2.24, 2.45) is 0 Å². The molecule has 1 saturated heterocycles. The molecule has 1 aromatic carbocycles. The molecule has 29 heavy (non-hydrogen) atoms. The van der Waals surface area contributed by atoms with Crippen LogP contribution in [0.1, 0.15) is 40.5 Å². The number of hydrogen-bond donors (Lipinski definition) is 4. The molecule has 1 fully saturated rings. The van der Waals surface area contributed by atoms with Crippen LogP contribution in [0.2, 0.25) is 0 Å². The van der Waals surface area contributed by atoms with Crippen LogP contribution in [0.25, 0.3) is 11.3 Å². The lowest BCUT2D eigenvalue weighted by molar-refractivity contribution is 0.170. The Labute approximate surface area is 175 Å². The van der Waals surface area contributed by atoms with Gasteiger partial charge >= 0.3 is 0 Å². The number of benzene rings is 1. The van der Waals surface area contributed by atoms with Gasteiger partial charge in [-0.3, -0.25) is 0 Å². The molecule has 158 valence electrons. The fourth-order valence-electron chi connectivity index (χ4n) is 4.23. The Bertz CT molecular complexity index is 856. The molecule has 0 spiro atoms. The van der Waals surface area contributed by atoms with Crippen molar-refractivity contribution < 1.29 is 9.32 Å². The molecule has 0 radical (unpaired) electrons. The third-order valence-corrected chi connectivity index (χ3v) is 6.18. The molecular weight excluding hydrogens is 386 g/mol. The van der Waals surface area contributed by atoms with E-state index in [2.05, 4.69) is 48.0 Å². The van der Waals surface area contributed by atoms with Gasteiger partial charge < -0.3 is 15.7 Å². The summed E-state index contributed by atoms with van der Waals surface area (Å²) in [6.07, 6.45) is 3.71. The standard InChI is InChI=1S/C21H31N5O2S/c1-20(2)13-16(14-21(3,4)26-20)24-19-22-9-8-18(25-19)15-6-5-7-17(12-15)29(28)23-10-11-27/h5-9,12,16,26-27H,10-11,13-14H2,1-4H3,(H,23,28)(H,22,24,25)/p+1. The summed E-state index contributed by atoms with van der Waals surface area (Å²) in [5, 5.41) is 16.1. The number of nitrogens with one attached hydrogen (secondary N) is 3. The number of hydrogen-bond acceptors (Lipinski definition) is 6. The zero-order valence-corrected chi connectivity index (χ0v) is 18.5. The highest BCUT2D eigenvalue weighted by Gasteiger charge is 2.37. The maximum atomic E-state index is 12.3. The molecule has 0 aliphatic carbocycles. The lowest BCUT2D eigenvalue weighted by Gasteiger charge is -2.46. The Kier molecular flexibility index (Phi) is 6.68. The first-order valence-corrected chi connectivity index (χ1v) is 11.2. The van der Waals surface area contributed by atoms with E-state index >= 15 is 0 Å². The molecular formula is C21H32N5O2S+. The first-order valence-electron chi connectivity index (χ1n) is 9.98. The van der Waals surface area contributed by atoms with Crippen molar-refractivity contribution >= 4 is 16.9 Å². The Morgan fingerprint density at radius 2 is 1.93 bits per heavy atom. The van der Waals surface area contributed by atoms with Crippen molar-refractivity contribution in [3.8, 4) is 11.3 Å². The highest BCUT2D eigenvalue weighted by molar-refractivity contribution is 7.83. The van der Waals surface area contributed by atoms with Crippen molar-refractivity contribution in [1.29, 1.82) is 0 Å². The van der Waals surface area contributed by atoms with Crippen LogP contribution >= 0.6 is 0 Å². The maximum Gasteiger partial charge on any atom is 0.223 e. The summed E-state index contributed by atoms with van der Waals surface area (Å²) >= 11 is 0. The number of aromatic nitrogens is 2. The fraction of sp³-hybridized carbons (Fsp3) is 0.524. The normalized spacial score (nSPS) is 19.6. The van der Waals surface area contributed by atoms with E-state index in [-0.39, 0.29) is 23.7 Å². The number of nitrogens with zero attached hydrogens (tertiary/aromatic N) is 2. The van der Waals surface area contributed by atoms with Gasteiger partial charge in [0.1, 0.15) is 0 Å². The minimum absolute atomic E-state index is 0.0399. The van der Waals surface area contributed by atoms with Gasteiger partial charge in [0.2, 0.25) is 5.95 Å². The quantitative estimate of drug-likeness (QED) is 0.407. The molecule has 0 bridgehead atoms. The monoisotopic (exact) mass is 418 g/mol. The maximum absolute atomic E-state index is 12.3. The predicted octanol–water partition coefficient (Wildman–Crippen LogP) is 2.42. The fourth-order valence-corrected chi connectivity index (χ4v) is 5.19. The highest BCUT2D eigenvalue weighted by atomic mass is 32.2. The number of thiol groups is 1. The molecule has 4 N–H and O–H groups in total. The van der Waals surface area contributed by atoms with Crippen LogP contribution in [0.5, 0.6) is 0 Å². The summed E-state index contributed by atoms with van der Waals surface area (Å²) in [7, 11) is -1.76. The Morgan fingerprint density at radius 3 is 2.62 bits per heavy atom. The van der Waals surface area contributed by atoms with E-state index in [0.717, 1.165) is 24.1 Å². The van der Waals surface area contributed by atoms with Crippen molar-refractivity contribution in [3.63, 3.8) is 0 Å². The van der Waals surface area contributed by atoms with Crippen LogP contribution in [-0.2, 0) is 15.2 Å². The second-order valence-corrected chi connectivity index (χ2v) is 10.3. The molecule has 1 aromatic heterocycles. The van der Waals surface area contributed by atoms with Crippen LogP contribution in [0.15, 0.2) is 41.4 Å². The average molecular weight is 419 g/mol. The van der Waals surface area contributed by atoms with E-state index in [4.69, 9.17) is 10.1 Å². The van der Waals surface area contributed by atoms with E-state index in [1.54, 1.807) is 6.20 Å². The molecule has 8 heteroatoms.